The lowest BCUT2D eigenvalue weighted by Gasteiger charge is -2.42. The number of nitrogens with two attached hydrogens (primary N) is 1. The van der Waals surface area contributed by atoms with Gasteiger partial charge in [-0.1, -0.05) is 20.3 Å². The third kappa shape index (κ3) is 2.12. The van der Waals surface area contributed by atoms with Crippen molar-refractivity contribution in [2.75, 3.05) is 13.1 Å². The van der Waals surface area contributed by atoms with Gasteiger partial charge in [0.25, 0.3) is 5.91 Å². The summed E-state index contributed by atoms with van der Waals surface area (Å²) in [4.78, 5) is 25.8. The summed E-state index contributed by atoms with van der Waals surface area (Å²) in [6.07, 6.45) is 2.09. The van der Waals surface area contributed by atoms with E-state index in [1.807, 2.05) is 13.8 Å². The number of imide groups is 1. The highest BCUT2D eigenvalue weighted by atomic mass is 16.3. The van der Waals surface area contributed by atoms with E-state index in [0.717, 1.165) is 24.2 Å². The van der Waals surface area contributed by atoms with E-state index >= 15 is 0 Å². The monoisotopic (exact) mass is 269 g/mol. The van der Waals surface area contributed by atoms with Crippen LogP contribution >= 0.6 is 0 Å². The Morgan fingerprint density at radius 1 is 1.42 bits per heavy atom. The largest absolute Gasteiger partial charge is 0.390 e. The molecule has 6 nitrogen and oxygen atoms in total. The maximum atomic E-state index is 12.7. The third-order valence-corrected chi connectivity index (χ3v) is 4.65. The van der Waals surface area contributed by atoms with Gasteiger partial charge in [-0.3, -0.25) is 9.69 Å². The molecule has 1 heterocycles. The lowest BCUT2D eigenvalue weighted by molar-refractivity contribution is -0.137. The zero-order chi connectivity index (χ0) is 14.2. The van der Waals surface area contributed by atoms with Crippen molar-refractivity contribution in [2.24, 2.45) is 17.6 Å². The zero-order valence-corrected chi connectivity index (χ0v) is 11.6. The van der Waals surface area contributed by atoms with Crippen molar-refractivity contribution < 1.29 is 14.7 Å². The van der Waals surface area contributed by atoms with Gasteiger partial charge in [-0.05, 0) is 24.7 Å². The predicted molar refractivity (Wildman–Crippen MR) is 70.2 cm³/mol. The standard InChI is InChI=1S/C13H23N3O3/c1-8-4-3-5-9(2)13(8)11(18)16(12(19)15-13)7-10(17)6-14/h8-10,17H,3-7,14H2,1-2H3,(H,15,19). The second-order valence-corrected chi connectivity index (χ2v) is 5.84. The molecule has 1 spiro atoms. The summed E-state index contributed by atoms with van der Waals surface area (Å²) < 4.78 is 0. The molecule has 0 radical (unpaired) electrons. The number of urea groups is 1. The molecule has 6 heteroatoms. The number of β-amino-alcohol motifs (C(OH)–C–C–N with tert-alkyl or cyclic N) is 1. The van der Waals surface area contributed by atoms with Crippen molar-refractivity contribution in [3.63, 3.8) is 0 Å². The van der Waals surface area contributed by atoms with Gasteiger partial charge < -0.3 is 16.2 Å². The summed E-state index contributed by atoms with van der Waals surface area (Å²) in [5, 5.41) is 12.5. The number of hydrogen-bond acceptors (Lipinski definition) is 4. The number of rotatable bonds is 3. The highest BCUT2D eigenvalue weighted by Crippen LogP contribution is 2.42. The molecule has 19 heavy (non-hydrogen) atoms. The fourth-order valence-electron chi connectivity index (χ4n) is 3.40. The van der Waals surface area contributed by atoms with E-state index in [9.17, 15) is 14.7 Å². The SMILES string of the molecule is CC1CCCC(C)C12NC(=O)N(CC(O)CN)C2=O. The molecule has 3 atom stereocenters. The quantitative estimate of drug-likeness (QED) is 0.631. The number of aliphatic hydroxyl groups excluding tert-OH is 1. The number of amides is 3. The number of carbonyl (C=O) groups excluding carboxylic acids is 2. The summed E-state index contributed by atoms with van der Waals surface area (Å²) in [6, 6.07) is -0.405. The van der Waals surface area contributed by atoms with Crippen LogP contribution in [-0.4, -0.2) is 46.7 Å². The predicted octanol–water partition coefficient (Wildman–Crippen LogP) is 0.0527. The summed E-state index contributed by atoms with van der Waals surface area (Å²) in [5.41, 5.74) is 4.56. The van der Waals surface area contributed by atoms with Crippen LogP contribution in [-0.2, 0) is 4.79 Å². The van der Waals surface area contributed by atoms with E-state index in [1.54, 1.807) is 0 Å². The number of aliphatic hydroxyl groups is 1. The average molecular weight is 269 g/mol. The minimum atomic E-state index is -0.862. The Morgan fingerprint density at radius 2 is 2.00 bits per heavy atom. The van der Waals surface area contributed by atoms with Gasteiger partial charge >= 0.3 is 6.03 Å². The van der Waals surface area contributed by atoms with E-state index in [0.29, 0.717) is 0 Å². The number of nitrogens with one attached hydrogen (secondary N) is 1. The van der Waals surface area contributed by atoms with Gasteiger partial charge in [0.2, 0.25) is 0 Å². The molecule has 0 aromatic carbocycles. The van der Waals surface area contributed by atoms with E-state index in [-0.39, 0.29) is 30.8 Å². The van der Waals surface area contributed by atoms with Crippen molar-refractivity contribution in [3.05, 3.63) is 0 Å². The van der Waals surface area contributed by atoms with Gasteiger partial charge in [0.1, 0.15) is 5.54 Å². The highest BCUT2D eigenvalue weighted by Gasteiger charge is 2.58. The van der Waals surface area contributed by atoms with E-state index in [1.165, 1.54) is 0 Å². The Morgan fingerprint density at radius 3 is 2.53 bits per heavy atom. The molecule has 1 saturated carbocycles. The molecule has 2 aliphatic rings. The Labute approximate surface area is 113 Å². The second-order valence-electron chi connectivity index (χ2n) is 5.84. The molecule has 0 bridgehead atoms. The molecule has 4 N–H and O–H groups in total. The molecule has 3 unspecified atom stereocenters. The van der Waals surface area contributed by atoms with Gasteiger partial charge in [0.05, 0.1) is 12.6 Å². The lowest BCUT2D eigenvalue weighted by atomic mass is 9.67. The molecule has 0 aromatic heterocycles. The van der Waals surface area contributed by atoms with Crippen molar-refractivity contribution in [1.29, 1.82) is 0 Å². The minimum Gasteiger partial charge on any atom is -0.390 e. The van der Waals surface area contributed by atoms with Gasteiger partial charge in [-0.2, -0.15) is 0 Å². The van der Waals surface area contributed by atoms with Gasteiger partial charge in [-0.25, -0.2) is 4.79 Å². The van der Waals surface area contributed by atoms with Crippen LogP contribution in [0.2, 0.25) is 0 Å². The molecule has 0 aromatic rings. The molecule has 1 aliphatic carbocycles. The zero-order valence-electron chi connectivity index (χ0n) is 11.6. The van der Waals surface area contributed by atoms with E-state index < -0.39 is 17.7 Å². The van der Waals surface area contributed by atoms with Crippen molar-refractivity contribution in [3.8, 4) is 0 Å². The molecule has 2 fully saturated rings. The van der Waals surface area contributed by atoms with Crippen LogP contribution in [0.3, 0.4) is 0 Å². The van der Waals surface area contributed by atoms with Gasteiger partial charge in [0, 0.05) is 6.54 Å². The molecular formula is C13H23N3O3. The topological polar surface area (TPSA) is 95.7 Å². The lowest BCUT2D eigenvalue weighted by Crippen LogP contribution is -2.59. The third-order valence-electron chi connectivity index (χ3n) is 4.65. The van der Waals surface area contributed by atoms with Crippen molar-refractivity contribution in [1.82, 2.24) is 10.2 Å². The normalized spacial score (nSPS) is 36.7. The maximum Gasteiger partial charge on any atom is 0.325 e. The number of hydrogen-bond donors (Lipinski definition) is 3. The fraction of sp³-hybridized carbons (Fsp3) is 0.846. The average Bonchev–Trinajstić information content (AvgIpc) is 2.62. The van der Waals surface area contributed by atoms with Crippen LogP contribution in [0.1, 0.15) is 33.1 Å². The molecule has 108 valence electrons. The smallest absolute Gasteiger partial charge is 0.325 e. The van der Waals surface area contributed by atoms with Crippen LogP contribution < -0.4 is 11.1 Å². The first-order valence-electron chi connectivity index (χ1n) is 6.95. The van der Waals surface area contributed by atoms with Crippen LogP contribution in [0.4, 0.5) is 4.79 Å². The Bertz CT molecular complexity index is 375. The van der Waals surface area contributed by atoms with Gasteiger partial charge in [-0.15, -0.1) is 0 Å². The first-order valence-corrected chi connectivity index (χ1v) is 6.95. The van der Waals surface area contributed by atoms with Gasteiger partial charge in [0.15, 0.2) is 0 Å². The Balaban J connectivity index is 2.25. The highest BCUT2D eigenvalue weighted by molar-refractivity contribution is 6.07. The van der Waals surface area contributed by atoms with Crippen LogP contribution in [0.5, 0.6) is 0 Å². The van der Waals surface area contributed by atoms with Crippen molar-refractivity contribution in [2.45, 2.75) is 44.8 Å². The second kappa shape index (κ2) is 5.09. The first-order chi connectivity index (χ1) is 8.93. The minimum absolute atomic E-state index is 0.0254. The maximum absolute atomic E-state index is 12.7. The Hall–Kier alpha value is -1.14. The molecular weight excluding hydrogens is 246 g/mol. The number of nitrogens with zero attached hydrogens (tertiary/aromatic N) is 1. The van der Waals surface area contributed by atoms with Crippen LogP contribution in [0, 0.1) is 11.8 Å². The number of carbonyl (C=O) groups is 2. The molecule has 1 saturated heterocycles. The Kier molecular flexibility index (Phi) is 3.82. The summed E-state index contributed by atoms with van der Waals surface area (Å²) >= 11 is 0. The van der Waals surface area contributed by atoms with Crippen molar-refractivity contribution >= 4 is 11.9 Å². The van der Waals surface area contributed by atoms with E-state index in [4.69, 9.17) is 5.73 Å². The summed E-state index contributed by atoms with van der Waals surface area (Å²) in [7, 11) is 0. The summed E-state index contributed by atoms with van der Waals surface area (Å²) in [6.45, 7) is 4.03. The molecule has 2 rings (SSSR count). The molecule has 3 amide bonds. The molecule has 1 aliphatic heterocycles. The first kappa shape index (κ1) is 14.3. The summed E-state index contributed by atoms with van der Waals surface area (Å²) in [5.74, 6) is 0.0325. The van der Waals surface area contributed by atoms with Crippen LogP contribution in [0.15, 0.2) is 0 Å². The fourth-order valence-corrected chi connectivity index (χ4v) is 3.40. The van der Waals surface area contributed by atoms with Crippen LogP contribution in [0.25, 0.3) is 0 Å². The van der Waals surface area contributed by atoms with E-state index in [2.05, 4.69) is 5.32 Å².